The first-order chi connectivity index (χ1) is 15.7. The van der Waals surface area contributed by atoms with Gasteiger partial charge in [-0.3, -0.25) is 14.9 Å². The first-order valence-electron chi connectivity index (χ1n) is 9.97. The number of hydrogen-bond acceptors (Lipinski definition) is 7. The first kappa shape index (κ1) is 23.7. The van der Waals surface area contributed by atoms with E-state index in [4.69, 9.17) is 9.47 Å². The number of hydrogen-bond donors (Lipinski definition) is 0. The lowest BCUT2D eigenvalue weighted by molar-refractivity contribution is -0.384. The number of nitro groups is 1. The quantitative estimate of drug-likeness (QED) is 0.341. The van der Waals surface area contributed by atoms with Crippen LogP contribution in [-0.4, -0.2) is 32.5 Å². The molecule has 0 N–H and O–H groups in total. The SMILES string of the molecule is CCOc1ccc(N(C(=O)COc2ccc([N+](=O)[O-])cc2)S(=O)(=O)c2ccc(C)cc2)cc1. The molecule has 0 aliphatic rings. The van der Waals surface area contributed by atoms with Crippen molar-refractivity contribution in [2.24, 2.45) is 0 Å². The fourth-order valence-electron chi connectivity index (χ4n) is 2.94. The van der Waals surface area contributed by atoms with Crippen molar-refractivity contribution in [2.45, 2.75) is 18.7 Å². The molecule has 0 aliphatic heterocycles. The summed E-state index contributed by atoms with van der Waals surface area (Å²) in [6.07, 6.45) is 0. The zero-order valence-electron chi connectivity index (χ0n) is 18.0. The summed E-state index contributed by atoms with van der Waals surface area (Å²) in [7, 11) is -4.24. The summed E-state index contributed by atoms with van der Waals surface area (Å²) in [6, 6.07) is 17.3. The Kier molecular flexibility index (Phi) is 7.29. The van der Waals surface area contributed by atoms with Gasteiger partial charge in [-0.1, -0.05) is 17.7 Å². The van der Waals surface area contributed by atoms with Gasteiger partial charge in [0.05, 0.1) is 22.1 Å². The average Bonchev–Trinajstić information content (AvgIpc) is 2.79. The van der Waals surface area contributed by atoms with Crippen molar-refractivity contribution in [2.75, 3.05) is 17.5 Å². The van der Waals surface area contributed by atoms with Gasteiger partial charge in [0.2, 0.25) is 0 Å². The van der Waals surface area contributed by atoms with E-state index < -0.39 is 27.5 Å². The summed E-state index contributed by atoms with van der Waals surface area (Å²) in [5, 5.41) is 10.8. The van der Waals surface area contributed by atoms with Gasteiger partial charge in [0, 0.05) is 12.1 Å². The Hall–Kier alpha value is -3.92. The molecular weight excluding hydrogens is 448 g/mol. The second kappa shape index (κ2) is 10.1. The van der Waals surface area contributed by atoms with Crippen LogP contribution >= 0.6 is 0 Å². The predicted octanol–water partition coefficient (Wildman–Crippen LogP) is 4.10. The van der Waals surface area contributed by atoms with Crippen molar-refractivity contribution in [3.8, 4) is 11.5 Å². The molecule has 172 valence electrons. The summed E-state index contributed by atoms with van der Waals surface area (Å²) in [4.78, 5) is 23.2. The van der Waals surface area contributed by atoms with Crippen molar-refractivity contribution in [3.05, 3.63) is 88.5 Å². The summed E-state index contributed by atoms with van der Waals surface area (Å²) in [5.41, 5.74) is 0.859. The lowest BCUT2D eigenvalue weighted by atomic mass is 10.2. The lowest BCUT2D eigenvalue weighted by Crippen LogP contribution is -2.40. The number of amides is 1. The van der Waals surface area contributed by atoms with E-state index in [-0.39, 0.29) is 22.0 Å². The highest BCUT2D eigenvalue weighted by Crippen LogP contribution is 2.27. The van der Waals surface area contributed by atoms with Crippen molar-refractivity contribution in [1.82, 2.24) is 0 Å². The molecule has 0 unspecified atom stereocenters. The first-order valence-corrected chi connectivity index (χ1v) is 11.4. The van der Waals surface area contributed by atoms with Gasteiger partial charge in [-0.05, 0) is 62.4 Å². The number of anilines is 1. The Bertz CT molecular complexity index is 1220. The van der Waals surface area contributed by atoms with Gasteiger partial charge < -0.3 is 9.47 Å². The number of nitro benzene ring substituents is 1. The monoisotopic (exact) mass is 470 g/mol. The predicted molar refractivity (Wildman–Crippen MR) is 122 cm³/mol. The Labute approximate surface area is 191 Å². The van der Waals surface area contributed by atoms with E-state index in [2.05, 4.69) is 0 Å². The van der Waals surface area contributed by atoms with Gasteiger partial charge in [-0.2, -0.15) is 4.31 Å². The Morgan fingerprint density at radius 2 is 1.45 bits per heavy atom. The number of non-ortho nitro benzene ring substituents is 1. The van der Waals surface area contributed by atoms with Crippen LogP contribution in [0.25, 0.3) is 0 Å². The van der Waals surface area contributed by atoms with Gasteiger partial charge in [0.1, 0.15) is 11.5 Å². The molecule has 0 spiro atoms. The number of ether oxygens (including phenoxy) is 2. The highest BCUT2D eigenvalue weighted by atomic mass is 32.2. The Balaban J connectivity index is 1.90. The van der Waals surface area contributed by atoms with E-state index in [0.717, 1.165) is 5.56 Å². The van der Waals surface area contributed by atoms with Gasteiger partial charge in [0.25, 0.3) is 21.6 Å². The minimum atomic E-state index is -4.24. The maximum atomic E-state index is 13.4. The molecule has 3 aromatic rings. The molecule has 1 amide bonds. The van der Waals surface area contributed by atoms with E-state index in [9.17, 15) is 23.3 Å². The van der Waals surface area contributed by atoms with Gasteiger partial charge in [-0.15, -0.1) is 0 Å². The normalized spacial score (nSPS) is 11.0. The number of carbonyl (C=O) groups is 1. The standard InChI is InChI=1S/C23H22N2O7S/c1-3-31-20-10-6-18(7-11-20)24(33(29,30)22-14-4-17(2)5-15-22)23(26)16-32-21-12-8-19(9-13-21)25(27)28/h4-15H,3,16H2,1-2H3. The van der Waals surface area contributed by atoms with Gasteiger partial charge in [0.15, 0.2) is 6.61 Å². The van der Waals surface area contributed by atoms with Crippen LogP contribution in [0.5, 0.6) is 11.5 Å². The van der Waals surface area contributed by atoms with Crippen LogP contribution in [0.1, 0.15) is 12.5 Å². The van der Waals surface area contributed by atoms with Crippen LogP contribution < -0.4 is 13.8 Å². The smallest absolute Gasteiger partial charge is 0.278 e. The summed E-state index contributed by atoms with van der Waals surface area (Å²) >= 11 is 0. The molecule has 0 bridgehead atoms. The van der Waals surface area contributed by atoms with Crippen LogP contribution in [0.3, 0.4) is 0 Å². The van der Waals surface area contributed by atoms with E-state index >= 15 is 0 Å². The van der Waals surface area contributed by atoms with E-state index in [0.29, 0.717) is 16.7 Å². The maximum Gasteiger partial charge on any atom is 0.278 e. The minimum Gasteiger partial charge on any atom is -0.494 e. The zero-order valence-corrected chi connectivity index (χ0v) is 18.8. The number of benzene rings is 3. The molecule has 33 heavy (non-hydrogen) atoms. The highest BCUT2D eigenvalue weighted by Gasteiger charge is 2.31. The van der Waals surface area contributed by atoms with E-state index in [1.165, 1.54) is 48.5 Å². The van der Waals surface area contributed by atoms with Crippen LogP contribution in [-0.2, 0) is 14.8 Å². The fourth-order valence-corrected chi connectivity index (χ4v) is 4.36. The Morgan fingerprint density at radius 3 is 2.00 bits per heavy atom. The Morgan fingerprint density at radius 1 is 0.909 bits per heavy atom. The maximum absolute atomic E-state index is 13.4. The number of sulfonamides is 1. The largest absolute Gasteiger partial charge is 0.494 e. The van der Waals surface area contributed by atoms with Crippen LogP contribution in [0.2, 0.25) is 0 Å². The third kappa shape index (κ3) is 5.66. The minimum absolute atomic E-state index is 0.0503. The topological polar surface area (TPSA) is 116 Å². The molecule has 0 fully saturated rings. The van der Waals surface area contributed by atoms with Crippen molar-refractivity contribution in [3.63, 3.8) is 0 Å². The van der Waals surface area contributed by atoms with Crippen molar-refractivity contribution < 1.29 is 27.6 Å². The number of rotatable bonds is 9. The number of nitrogens with zero attached hydrogens (tertiary/aromatic N) is 2. The fraction of sp³-hybridized carbons (Fsp3) is 0.174. The van der Waals surface area contributed by atoms with Crippen LogP contribution in [0.4, 0.5) is 11.4 Å². The molecule has 0 heterocycles. The van der Waals surface area contributed by atoms with E-state index in [1.807, 2.05) is 13.8 Å². The third-order valence-electron chi connectivity index (χ3n) is 4.58. The second-order valence-corrected chi connectivity index (χ2v) is 8.73. The van der Waals surface area contributed by atoms with E-state index in [1.54, 1.807) is 24.3 Å². The molecule has 9 nitrogen and oxygen atoms in total. The lowest BCUT2D eigenvalue weighted by Gasteiger charge is -2.23. The van der Waals surface area contributed by atoms with Crippen molar-refractivity contribution >= 4 is 27.3 Å². The average molecular weight is 471 g/mol. The second-order valence-electron chi connectivity index (χ2n) is 6.94. The van der Waals surface area contributed by atoms with Gasteiger partial charge >= 0.3 is 0 Å². The molecule has 0 aliphatic carbocycles. The van der Waals surface area contributed by atoms with Crippen LogP contribution in [0, 0.1) is 17.0 Å². The highest BCUT2D eigenvalue weighted by molar-refractivity contribution is 7.93. The molecule has 0 saturated heterocycles. The van der Waals surface area contributed by atoms with Crippen LogP contribution in [0.15, 0.2) is 77.7 Å². The molecule has 0 aromatic heterocycles. The summed E-state index contributed by atoms with van der Waals surface area (Å²) in [5.74, 6) is -0.116. The third-order valence-corrected chi connectivity index (χ3v) is 6.34. The van der Waals surface area contributed by atoms with Gasteiger partial charge in [-0.25, -0.2) is 8.42 Å². The summed E-state index contributed by atoms with van der Waals surface area (Å²) < 4.78 is 38.2. The summed E-state index contributed by atoms with van der Waals surface area (Å²) in [6.45, 7) is 3.48. The zero-order chi connectivity index (χ0) is 24.0. The molecule has 0 radical (unpaired) electrons. The molecule has 3 aromatic carbocycles. The molecule has 0 atom stereocenters. The molecule has 3 rings (SSSR count). The molecule has 10 heteroatoms. The number of carbonyl (C=O) groups excluding carboxylic acids is 1. The number of aryl methyl sites for hydroxylation is 1. The molecular formula is C23H22N2O7S. The molecule has 0 saturated carbocycles. The van der Waals surface area contributed by atoms with Crippen molar-refractivity contribution in [1.29, 1.82) is 0 Å².